The van der Waals surface area contributed by atoms with Gasteiger partial charge in [0.05, 0.1) is 18.8 Å². The van der Waals surface area contributed by atoms with Gasteiger partial charge in [-0.15, -0.1) is 0 Å². The first-order valence-electron chi connectivity index (χ1n) is 5.38. The highest BCUT2D eigenvalue weighted by atomic mass is 16.5. The van der Waals surface area contributed by atoms with Crippen molar-refractivity contribution in [3.63, 3.8) is 0 Å². The number of aromatic nitrogens is 1. The molecule has 1 fully saturated rings. The minimum atomic E-state index is -0.0406. The van der Waals surface area contributed by atoms with Crippen LogP contribution in [-0.2, 0) is 10.3 Å². The van der Waals surface area contributed by atoms with Gasteiger partial charge in [0.2, 0.25) is 0 Å². The second kappa shape index (κ2) is 3.30. The summed E-state index contributed by atoms with van der Waals surface area (Å²) in [5.41, 5.74) is 2.92. The summed E-state index contributed by atoms with van der Waals surface area (Å²) in [6.07, 6.45) is 0. The standard InChI is InChI=1S/C12H14N2O2/c1-8-14-10-5-9(3-4-11(10)16-8)12(13-2)6-15-7-12/h3-5,13H,6-7H2,1-2H3. The molecule has 1 aromatic heterocycles. The van der Waals surface area contributed by atoms with E-state index in [-0.39, 0.29) is 5.54 Å². The van der Waals surface area contributed by atoms with E-state index in [0.29, 0.717) is 19.1 Å². The Balaban J connectivity index is 2.10. The van der Waals surface area contributed by atoms with E-state index < -0.39 is 0 Å². The van der Waals surface area contributed by atoms with Gasteiger partial charge in [0.1, 0.15) is 5.52 Å². The number of aryl methyl sites for hydroxylation is 1. The van der Waals surface area contributed by atoms with Crippen molar-refractivity contribution in [3.05, 3.63) is 29.7 Å². The fraction of sp³-hybridized carbons (Fsp3) is 0.417. The summed E-state index contributed by atoms with van der Waals surface area (Å²) in [6.45, 7) is 3.29. The predicted molar refractivity (Wildman–Crippen MR) is 60.3 cm³/mol. The van der Waals surface area contributed by atoms with E-state index in [2.05, 4.69) is 22.4 Å². The maximum atomic E-state index is 5.46. The molecule has 1 aliphatic rings. The van der Waals surface area contributed by atoms with Crippen molar-refractivity contribution in [3.8, 4) is 0 Å². The van der Waals surface area contributed by atoms with Crippen LogP contribution in [0.15, 0.2) is 22.6 Å². The SMILES string of the molecule is CNC1(c2ccc3oc(C)nc3c2)COC1. The number of fused-ring (bicyclic) bond motifs is 1. The zero-order chi connectivity index (χ0) is 11.2. The second-order valence-electron chi connectivity index (χ2n) is 4.24. The van der Waals surface area contributed by atoms with Gasteiger partial charge in [-0.25, -0.2) is 4.98 Å². The lowest BCUT2D eigenvalue weighted by Crippen LogP contribution is -2.56. The van der Waals surface area contributed by atoms with Crippen LogP contribution in [0.2, 0.25) is 0 Å². The summed E-state index contributed by atoms with van der Waals surface area (Å²) in [5, 5.41) is 3.32. The molecule has 3 rings (SSSR count). The van der Waals surface area contributed by atoms with Crippen molar-refractivity contribution in [2.45, 2.75) is 12.5 Å². The molecule has 16 heavy (non-hydrogen) atoms. The van der Waals surface area contributed by atoms with Crippen LogP contribution < -0.4 is 5.32 Å². The molecular weight excluding hydrogens is 204 g/mol. The maximum Gasteiger partial charge on any atom is 0.192 e. The third-order valence-corrected chi connectivity index (χ3v) is 3.22. The molecule has 1 aromatic carbocycles. The zero-order valence-corrected chi connectivity index (χ0v) is 9.41. The predicted octanol–water partition coefficient (Wildman–Crippen LogP) is 1.58. The van der Waals surface area contributed by atoms with Crippen molar-refractivity contribution in [2.24, 2.45) is 0 Å². The van der Waals surface area contributed by atoms with Crippen LogP contribution in [0.25, 0.3) is 11.1 Å². The third-order valence-electron chi connectivity index (χ3n) is 3.22. The molecule has 1 aliphatic heterocycles. The normalized spacial score (nSPS) is 18.6. The van der Waals surface area contributed by atoms with Crippen molar-refractivity contribution in [2.75, 3.05) is 20.3 Å². The Bertz CT molecular complexity index is 523. The van der Waals surface area contributed by atoms with Gasteiger partial charge in [-0.2, -0.15) is 0 Å². The Labute approximate surface area is 93.6 Å². The largest absolute Gasteiger partial charge is 0.441 e. The van der Waals surface area contributed by atoms with Crippen LogP contribution in [0.5, 0.6) is 0 Å². The van der Waals surface area contributed by atoms with Gasteiger partial charge in [0.15, 0.2) is 11.5 Å². The average molecular weight is 218 g/mol. The molecule has 84 valence electrons. The lowest BCUT2D eigenvalue weighted by Gasteiger charge is -2.41. The summed E-state index contributed by atoms with van der Waals surface area (Å²) < 4.78 is 10.8. The van der Waals surface area contributed by atoms with E-state index in [1.807, 2.05) is 20.0 Å². The number of nitrogens with one attached hydrogen (secondary N) is 1. The third kappa shape index (κ3) is 1.27. The van der Waals surface area contributed by atoms with E-state index in [4.69, 9.17) is 9.15 Å². The minimum Gasteiger partial charge on any atom is -0.441 e. The number of rotatable bonds is 2. The highest BCUT2D eigenvalue weighted by Gasteiger charge is 2.38. The zero-order valence-electron chi connectivity index (χ0n) is 9.41. The van der Waals surface area contributed by atoms with Crippen LogP contribution in [0.3, 0.4) is 0 Å². The van der Waals surface area contributed by atoms with Crippen molar-refractivity contribution in [1.82, 2.24) is 10.3 Å². The smallest absolute Gasteiger partial charge is 0.192 e. The summed E-state index contributed by atoms with van der Waals surface area (Å²) in [6, 6.07) is 6.12. The van der Waals surface area contributed by atoms with Crippen LogP contribution >= 0.6 is 0 Å². The first-order valence-corrected chi connectivity index (χ1v) is 5.38. The quantitative estimate of drug-likeness (QED) is 0.831. The summed E-state index contributed by atoms with van der Waals surface area (Å²) >= 11 is 0. The molecule has 0 atom stereocenters. The van der Waals surface area contributed by atoms with Gasteiger partial charge in [-0.3, -0.25) is 0 Å². The number of benzene rings is 1. The van der Waals surface area contributed by atoms with Gasteiger partial charge in [-0.1, -0.05) is 6.07 Å². The molecule has 0 saturated carbocycles. The van der Waals surface area contributed by atoms with Crippen LogP contribution in [0.4, 0.5) is 0 Å². The minimum absolute atomic E-state index is 0.0406. The lowest BCUT2D eigenvalue weighted by atomic mass is 9.88. The highest BCUT2D eigenvalue weighted by Crippen LogP contribution is 2.31. The Morgan fingerprint density at radius 1 is 1.38 bits per heavy atom. The molecule has 0 bridgehead atoms. The molecule has 0 unspecified atom stereocenters. The van der Waals surface area contributed by atoms with E-state index in [0.717, 1.165) is 11.1 Å². The van der Waals surface area contributed by atoms with Crippen LogP contribution in [0.1, 0.15) is 11.5 Å². The Morgan fingerprint density at radius 3 is 2.81 bits per heavy atom. The Kier molecular flexibility index (Phi) is 2.02. The highest BCUT2D eigenvalue weighted by molar-refractivity contribution is 5.73. The summed E-state index contributed by atoms with van der Waals surface area (Å²) in [4.78, 5) is 4.34. The van der Waals surface area contributed by atoms with E-state index in [1.54, 1.807) is 0 Å². The molecule has 4 heteroatoms. The molecule has 1 saturated heterocycles. The van der Waals surface area contributed by atoms with Crippen LogP contribution in [-0.4, -0.2) is 25.2 Å². The fourth-order valence-electron chi connectivity index (χ4n) is 2.10. The van der Waals surface area contributed by atoms with Gasteiger partial charge >= 0.3 is 0 Å². The monoisotopic (exact) mass is 218 g/mol. The molecule has 2 aromatic rings. The van der Waals surface area contributed by atoms with Crippen molar-refractivity contribution < 1.29 is 9.15 Å². The van der Waals surface area contributed by atoms with Crippen LogP contribution in [0, 0.1) is 6.92 Å². The Hall–Kier alpha value is -1.39. The molecule has 2 heterocycles. The summed E-state index contributed by atoms with van der Waals surface area (Å²) in [7, 11) is 1.96. The molecular formula is C12H14N2O2. The Morgan fingerprint density at radius 2 is 2.19 bits per heavy atom. The van der Waals surface area contributed by atoms with Gasteiger partial charge in [-0.05, 0) is 24.7 Å². The van der Waals surface area contributed by atoms with E-state index in [1.165, 1.54) is 5.56 Å². The van der Waals surface area contributed by atoms with E-state index >= 15 is 0 Å². The number of oxazole rings is 1. The van der Waals surface area contributed by atoms with Gasteiger partial charge in [0.25, 0.3) is 0 Å². The topological polar surface area (TPSA) is 47.3 Å². The van der Waals surface area contributed by atoms with E-state index in [9.17, 15) is 0 Å². The first kappa shape index (κ1) is 9.81. The number of ether oxygens (including phenoxy) is 1. The number of nitrogens with zero attached hydrogens (tertiary/aromatic N) is 1. The van der Waals surface area contributed by atoms with Crippen molar-refractivity contribution in [1.29, 1.82) is 0 Å². The number of hydrogen-bond donors (Lipinski definition) is 1. The van der Waals surface area contributed by atoms with Crippen molar-refractivity contribution >= 4 is 11.1 Å². The molecule has 0 spiro atoms. The molecule has 0 radical (unpaired) electrons. The average Bonchev–Trinajstić information content (AvgIpc) is 2.56. The lowest BCUT2D eigenvalue weighted by molar-refractivity contribution is -0.0747. The first-order chi connectivity index (χ1) is 7.73. The molecule has 4 nitrogen and oxygen atoms in total. The maximum absolute atomic E-state index is 5.46. The van der Waals surface area contributed by atoms with Gasteiger partial charge in [0, 0.05) is 6.92 Å². The molecule has 1 N–H and O–H groups in total. The summed E-state index contributed by atoms with van der Waals surface area (Å²) in [5.74, 6) is 0.704. The molecule has 0 amide bonds. The fourth-order valence-corrected chi connectivity index (χ4v) is 2.10. The van der Waals surface area contributed by atoms with Gasteiger partial charge < -0.3 is 14.5 Å². The molecule has 0 aliphatic carbocycles. The number of hydrogen-bond acceptors (Lipinski definition) is 4. The number of likely N-dealkylation sites (N-methyl/N-ethyl adjacent to an activating group) is 1. The second-order valence-corrected chi connectivity index (χ2v) is 4.24.